The minimum Gasteiger partial charge on any atom is -0.480 e. The van der Waals surface area contributed by atoms with E-state index in [1.165, 1.54) is 0 Å². The van der Waals surface area contributed by atoms with Crippen molar-refractivity contribution in [2.75, 3.05) is 17.8 Å². The number of thioether (sulfide) groups is 1. The van der Waals surface area contributed by atoms with Crippen molar-refractivity contribution in [3.05, 3.63) is 35.9 Å². The smallest absolute Gasteiger partial charge is 0.326 e. The number of hydrogen-bond acceptors (Lipinski definition) is 7. The van der Waals surface area contributed by atoms with Crippen LogP contribution in [0.3, 0.4) is 0 Å². The lowest BCUT2D eigenvalue weighted by molar-refractivity contribution is -0.142. The number of carbonyl (C=O) groups excluding carboxylic acids is 3. The molecule has 0 bridgehead atoms. The van der Waals surface area contributed by atoms with E-state index in [0.717, 1.165) is 5.56 Å². The molecule has 3 amide bonds. The molecule has 11 heteroatoms. The maximum atomic E-state index is 12.8. The van der Waals surface area contributed by atoms with E-state index in [2.05, 4.69) is 28.6 Å². The van der Waals surface area contributed by atoms with Crippen LogP contribution in [0, 0.1) is 5.92 Å². The molecular weight excluding hydrogens is 464 g/mol. The van der Waals surface area contributed by atoms with Crippen molar-refractivity contribution < 1.29 is 24.3 Å². The second-order valence-corrected chi connectivity index (χ2v) is 9.30. The molecule has 4 atom stereocenters. The van der Waals surface area contributed by atoms with E-state index in [0.29, 0.717) is 12.2 Å². The number of hydrogen-bond donors (Lipinski definition) is 6. The average Bonchev–Trinajstić information content (AvgIpc) is 2.78. The van der Waals surface area contributed by atoms with Crippen molar-refractivity contribution >= 4 is 48.1 Å². The average molecular weight is 499 g/mol. The minimum absolute atomic E-state index is 0.0543. The molecule has 184 valence electrons. The van der Waals surface area contributed by atoms with Crippen LogP contribution in [0.4, 0.5) is 0 Å². The highest BCUT2D eigenvalue weighted by molar-refractivity contribution is 7.98. The Morgan fingerprint density at radius 2 is 1.61 bits per heavy atom. The molecule has 0 radical (unpaired) electrons. The van der Waals surface area contributed by atoms with Crippen LogP contribution in [-0.4, -0.2) is 70.7 Å². The number of amides is 3. The summed E-state index contributed by atoms with van der Waals surface area (Å²) in [5, 5.41) is 17.2. The third-order valence-electron chi connectivity index (χ3n) is 4.93. The fraction of sp³-hybridized carbons (Fsp3) is 0.545. The maximum absolute atomic E-state index is 12.8. The Morgan fingerprint density at radius 1 is 1.00 bits per heavy atom. The topological polar surface area (TPSA) is 151 Å². The summed E-state index contributed by atoms with van der Waals surface area (Å²) in [5.41, 5.74) is 6.63. The SMILES string of the molecule is CSCCC(N)C(=O)NC(C(=O)NC(CS)C(=O)NC(Cc1ccccc1)C(=O)O)C(C)C. The molecule has 1 rings (SSSR count). The van der Waals surface area contributed by atoms with Gasteiger partial charge in [-0.15, -0.1) is 0 Å². The van der Waals surface area contributed by atoms with E-state index in [4.69, 9.17) is 5.73 Å². The molecule has 0 spiro atoms. The van der Waals surface area contributed by atoms with Crippen molar-refractivity contribution in [3.63, 3.8) is 0 Å². The molecule has 33 heavy (non-hydrogen) atoms. The van der Waals surface area contributed by atoms with E-state index in [1.807, 2.05) is 12.3 Å². The highest BCUT2D eigenvalue weighted by atomic mass is 32.2. The molecule has 1 aromatic carbocycles. The first-order valence-corrected chi connectivity index (χ1v) is 12.7. The van der Waals surface area contributed by atoms with Crippen molar-refractivity contribution in [2.45, 2.75) is 50.9 Å². The number of carboxylic acid groups (broad SMARTS) is 1. The van der Waals surface area contributed by atoms with Gasteiger partial charge in [-0.05, 0) is 29.9 Å². The summed E-state index contributed by atoms with van der Waals surface area (Å²) in [7, 11) is 0. The number of carboxylic acids is 1. The van der Waals surface area contributed by atoms with Crippen LogP contribution >= 0.6 is 24.4 Å². The zero-order valence-electron chi connectivity index (χ0n) is 19.1. The molecule has 1 aromatic rings. The third-order valence-corrected chi connectivity index (χ3v) is 5.94. The second-order valence-electron chi connectivity index (χ2n) is 7.95. The van der Waals surface area contributed by atoms with E-state index < -0.39 is 47.9 Å². The number of aliphatic carboxylic acids is 1. The Labute approximate surface area is 204 Å². The van der Waals surface area contributed by atoms with Gasteiger partial charge in [0, 0.05) is 12.2 Å². The Bertz CT molecular complexity index is 794. The summed E-state index contributed by atoms with van der Waals surface area (Å²) in [6, 6.07) is 4.98. The molecule has 0 heterocycles. The van der Waals surface area contributed by atoms with Crippen molar-refractivity contribution in [3.8, 4) is 0 Å². The number of nitrogens with two attached hydrogens (primary N) is 1. The Hall–Kier alpha value is -2.24. The van der Waals surface area contributed by atoms with Gasteiger partial charge < -0.3 is 26.8 Å². The second kappa shape index (κ2) is 14.8. The summed E-state index contributed by atoms with van der Waals surface area (Å²) < 4.78 is 0. The fourth-order valence-corrected chi connectivity index (χ4v) is 3.70. The maximum Gasteiger partial charge on any atom is 0.326 e. The number of nitrogens with one attached hydrogen (secondary N) is 3. The zero-order chi connectivity index (χ0) is 25.0. The van der Waals surface area contributed by atoms with Crippen LogP contribution < -0.4 is 21.7 Å². The van der Waals surface area contributed by atoms with Crippen molar-refractivity contribution in [2.24, 2.45) is 11.7 Å². The van der Waals surface area contributed by atoms with Gasteiger partial charge in [-0.3, -0.25) is 14.4 Å². The molecule has 0 aliphatic carbocycles. The highest BCUT2D eigenvalue weighted by Crippen LogP contribution is 2.07. The molecule has 0 aromatic heterocycles. The van der Waals surface area contributed by atoms with Crippen LogP contribution in [0.25, 0.3) is 0 Å². The van der Waals surface area contributed by atoms with E-state index in [1.54, 1.807) is 49.9 Å². The first-order valence-electron chi connectivity index (χ1n) is 10.6. The lowest BCUT2D eigenvalue weighted by Crippen LogP contribution is -2.59. The zero-order valence-corrected chi connectivity index (χ0v) is 20.8. The van der Waals surface area contributed by atoms with Crippen LogP contribution in [0.5, 0.6) is 0 Å². The molecule has 9 nitrogen and oxygen atoms in total. The summed E-state index contributed by atoms with van der Waals surface area (Å²) in [6.45, 7) is 3.52. The predicted molar refractivity (Wildman–Crippen MR) is 133 cm³/mol. The first-order chi connectivity index (χ1) is 15.6. The summed E-state index contributed by atoms with van der Waals surface area (Å²) in [4.78, 5) is 49.6. The molecule has 6 N–H and O–H groups in total. The van der Waals surface area contributed by atoms with Gasteiger partial charge in [-0.25, -0.2) is 4.79 Å². The van der Waals surface area contributed by atoms with Crippen LogP contribution in [-0.2, 0) is 25.6 Å². The number of thiol groups is 1. The van der Waals surface area contributed by atoms with Gasteiger partial charge in [-0.1, -0.05) is 44.2 Å². The summed E-state index contributed by atoms with van der Waals surface area (Å²) >= 11 is 5.70. The number of benzene rings is 1. The monoisotopic (exact) mass is 498 g/mol. The quantitative estimate of drug-likeness (QED) is 0.204. The lowest BCUT2D eigenvalue weighted by atomic mass is 10.0. The van der Waals surface area contributed by atoms with Gasteiger partial charge in [-0.2, -0.15) is 24.4 Å². The molecule has 0 saturated heterocycles. The summed E-state index contributed by atoms with van der Waals surface area (Å²) in [5.74, 6) is -2.49. The number of carbonyl (C=O) groups is 4. The minimum atomic E-state index is -1.19. The Kier molecular flexibility index (Phi) is 12.9. The van der Waals surface area contributed by atoms with E-state index in [9.17, 15) is 24.3 Å². The normalized spacial score (nSPS) is 14.6. The van der Waals surface area contributed by atoms with E-state index >= 15 is 0 Å². The third kappa shape index (κ3) is 10.1. The molecule has 0 fully saturated rings. The highest BCUT2D eigenvalue weighted by Gasteiger charge is 2.31. The van der Waals surface area contributed by atoms with Gasteiger partial charge in [0.15, 0.2) is 0 Å². The van der Waals surface area contributed by atoms with Crippen LogP contribution in [0.15, 0.2) is 30.3 Å². The number of rotatable bonds is 14. The van der Waals surface area contributed by atoms with Gasteiger partial charge in [0.25, 0.3) is 0 Å². The molecule has 0 saturated carbocycles. The summed E-state index contributed by atoms with van der Waals surface area (Å²) in [6.07, 6.45) is 2.47. The van der Waals surface area contributed by atoms with Gasteiger partial charge in [0.1, 0.15) is 18.1 Å². The molecule has 0 aliphatic heterocycles. The van der Waals surface area contributed by atoms with Crippen molar-refractivity contribution in [1.29, 1.82) is 0 Å². The molecule has 4 unspecified atom stereocenters. The standard InChI is InChI=1S/C22H34N4O5S2/c1-13(2)18(26-19(27)15(23)9-10-33-3)21(29)25-17(12-32)20(28)24-16(22(30)31)11-14-7-5-4-6-8-14/h4-8,13,15-18,32H,9-12,23H2,1-3H3,(H,24,28)(H,25,29)(H,26,27)(H,30,31). The Balaban J connectivity index is 2.81. The lowest BCUT2D eigenvalue weighted by Gasteiger charge is -2.26. The largest absolute Gasteiger partial charge is 0.480 e. The van der Waals surface area contributed by atoms with Crippen molar-refractivity contribution in [1.82, 2.24) is 16.0 Å². The van der Waals surface area contributed by atoms with Gasteiger partial charge >= 0.3 is 5.97 Å². The first kappa shape index (κ1) is 28.8. The van der Waals surface area contributed by atoms with Crippen LogP contribution in [0.2, 0.25) is 0 Å². The molecule has 0 aliphatic rings. The van der Waals surface area contributed by atoms with Gasteiger partial charge in [0.2, 0.25) is 17.7 Å². The van der Waals surface area contributed by atoms with Gasteiger partial charge in [0.05, 0.1) is 6.04 Å². The molecular formula is C22H34N4O5S2. The fourth-order valence-electron chi connectivity index (χ4n) is 2.95. The van der Waals surface area contributed by atoms with Crippen LogP contribution in [0.1, 0.15) is 25.8 Å². The van der Waals surface area contributed by atoms with E-state index in [-0.39, 0.29) is 18.1 Å². The predicted octanol–water partition coefficient (Wildman–Crippen LogP) is 0.434. The Morgan fingerprint density at radius 3 is 2.12 bits per heavy atom.